The molecule has 12 aromatic heterocycles. The molecule has 8 N–H and O–H groups in total. The second kappa shape index (κ2) is 26.5. The van der Waals surface area contributed by atoms with Crippen LogP contribution in [-0.2, 0) is 53.7 Å². The van der Waals surface area contributed by atoms with Crippen molar-refractivity contribution in [3.05, 3.63) is 191 Å². The number of pyridine rings is 9. The molecule has 0 aromatic carbocycles. The van der Waals surface area contributed by atoms with E-state index in [1.165, 1.54) is 12.0 Å². The number of hydrogen-bond donors (Lipinski definition) is 8. The number of nitrogens with one attached hydrogen (secondary N) is 6. The number of alkyl halides is 1. The highest BCUT2D eigenvalue weighted by Crippen LogP contribution is 2.41. The first-order valence-electron chi connectivity index (χ1n) is 34.0. The van der Waals surface area contributed by atoms with E-state index in [1.807, 2.05) is 108 Å². The standard InChI is InChI=1S/C26H27N7O.C25H24FN7O3.C24H23N7O/c1-32-11-4-5-16(15-32)20-6-3-7-22(30-20)31-21-14-28-24(19-13-29-26(34)23(19)21)17-8-10-27-25-18(17)9-12-33(25)2;1-32-8-5-16-15(4-7-27-23(16)32)22-17-11-30-24(35)21(17)18(12-29-22)31-20-3-2-14(10-28-20)33-9-6-25(26,36)19(34)13-33;1-30-9-6-14-3-4-20(29-19(14)13-30)28-18-12-26-22(17-11-27-24(32)21(17)18)15-5-8-25-23-16(15)7-10-31(23)2/h3,6-10,12,14,16H,4-5,11,13,15H2,1-2H3,(H,29,34)(H,30,31);2-5,7-8,10,12,19,34,36H,6,9,11,13H2,1H3,(H,28,31)(H,30,35);3-5,7-8,10,12H,6,9,11,13H2,1-2H3,(H,27,32)(H,28,29)/t16-;19-,25+;/m00./s1. The second-order valence-electron chi connectivity index (χ2n) is 26.9. The number of likely N-dealkylation sites (N-methyl/N-ethyl adjacent to an activating group) is 2. The van der Waals surface area contributed by atoms with Crippen LogP contribution in [0.4, 0.5) is 44.6 Å². The van der Waals surface area contributed by atoms with Gasteiger partial charge >= 0.3 is 0 Å². The smallest absolute Gasteiger partial charge is 0.254 e. The van der Waals surface area contributed by atoms with Gasteiger partial charge in [0.2, 0.25) is 5.85 Å². The summed E-state index contributed by atoms with van der Waals surface area (Å²) in [5.41, 5.74) is 18.3. The summed E-state index contributed by atoms with van der Waals surface area (Å²) < 4.78 is 19.7. The number of aliphatic hydroxyl groups excluding tert-OH is 1. The van der Waals surface area contributed by atoms with E-state index in [2.05, 4.69) is 87.9 Å². The van der Waals surface area contributed by atoms with Gasteiger partial charge in [-0.25, -0.2) is 34.3 Å². The summed E-state index contributed by atoms with van der Waals surface area (Å²) in [7, 11) is 10.1. The third-order valence-electron chi connectivity index (χ3n) is 20.2. The predicted octanol–water partition coefficient (Wildman–Crippen LogP) is 9.08. The lowest BCUT2D eigenvalue weighted by Crippen LogP contribution is -2.53. The van der Waals surface area contributed by atoms with Crippen LogP contribution < -0.4 is 36.8 Å². The number of piperidine rings is 2. The maximum atomic E-state index is 13.8. The molecule has 2 saturated heterocycles. The largest absolute Gasteiger partial charge is 0.385 e. The van der Waals surface area contributed by atoms with Gasteiger partial charge in [-0.1, -0.05) is 12.1 Å². The van der Waals surface area contributed by atoms with Crippen molar-refractivity contribution < 1.29 is 29.0 Å². The van der Waals surface area contributed by atoms with Crippen molar-refractivity contribution in [2.24, 2.45) is 21.1 Å². The SMILES string of the molecule is CN1CCC[C@H](c2cccc(Nc3cnc(-c4ccnc5c4ccn5C)c4c3C(=O)NC4)n2)C1.CN1CCc2ccc(Nc3cnc(-c4ccnc5c4ccn5C)c4c3C(=O)NC4)nc2C1.Cn1ccc2c(-c3ncc(Nc4ccc(N5CC[C@](O)(F)[C@@H](O)C5)cn4)c4c3CNC4=O)ccnc21. The molecule has 27 heteroatoms. The minimum Gasteiger partial charge on any atom is -0.385 e. The van der Waals surface area contributed by atoms with Gasteiger partial charge in [-0.3, -0.25) is 29.3 Å². The molecule has 3 amide bonds. The van der Waals surface area contributed by atoms with Gasteiger partial charge < -0.3 is 70.5 Å². The van der Waals surface area contributed by atoms with Crippen molar-refractivity contribution in [2.75, 3.05) is 67.7 Å². The molecule has 0 spiro atoms. The zero-order valence-electron chi connectivity index (χ0n) is 56.8. The van der Waals surface area contributed by atoms with Gasteiger partial charge in [0.25, 0.3) is 17.7 Å². The number of aryl methyl sites for hydroxylation is 3. The Hall–Kier alpha value is -11.7. The normalized spacial score (nSPS) is 18.5. The van der Waals surface area contributed by atoms with Crippen LogP contribution in [0.5, 0.6) is 0 Å². The van der Waals surface area contributed by atoms with E-state index in [9.17, 15) is 29.0 Å². The number of aliphatic hydroxyl groups is 2. The number of carbonyl (C=O) groups is 3. The Morgan fingerprint density at radius 2 is 1.03 bits per heavy atom. The predicted molar refractivity (Wildman–Crippen MR) is 386 cm³/mol. The van der Waals surface area contributed by atoms with E-state index in [0.717, 1.165) is 146 Å². The van der Waals surface area contributed by atoms with E-state index in [1.54, 1.807) is 60.4 Å². The molecule has 516 valence electrons. The van der Waals surface area contributed by atoms with Crippen LogP contribution in [0, 0.1) is 0 Å². The monoisotopic (exact) mass is 1370 g/mol. The van der Waals surface area contributed by atoms with Gasteiger partial charge in [0.15, 0.2) is 0 Å². The van der Waals surface area contributed by atoms with Crippen LogP contribution in [0.1, 0.15) is 89.9 Å². The Morgan fingerprint density at radius 1 is 0.529 bits per heavy atom. The third-order valence-corrected chi connectivity index (χ3v) is 20.2. The quantitative estimate of drug-likeness (QED) is 0.0598. The lowest BCUT2D eigenvalue weighted by atomic mass is 9.94. The van der Waals surface area contributed by atoms with Crippen LogP contribution in [0.15, 0.2) is 141 Å². The molecule has 0 radical (unpaired) electrons. The van der Waals surface area contributed by atoms with Crippen molar-refractivity contribution in [1.29, 1.82) is 0 Å². The average molecular weight is 1370 g/mol. The number of carbonyl (C=O) groups excluding carboxylic acids is 3. The third kappa shape index (κ3) is 12.2. The first kappa shape index (κ1) is 65.0. The number of halogens is 1. The molecule has 102 heavy (non-hydrogen) atoms. The number of amides is 3. The summed E-state index contributed by atoms with van der Waals surface area (Å²) in [5, 5.41) is 41.1. The van der Waals surface area contributed by atoms with Crippen LogP contribution >= 0.6 is 0 Å². The Balaban J connectivity index is 0.000000119. The Bertz CT molecular complexity index is 5320. The first-order valence-corrected chi connectivity index (χ1v) is 34.0. The van der Waals surface area contributed by atoms with Gasteiger partial charge in [0.1, 0.15) is 40.5 Å². The fraction of sp³-hybridized carbons (Fsp3) is 0.280. The summed E-state index contributed by atoms with van der Waals surface area (Å²) in [5.74, 6) is -0.562. The molecule has 12 aromatic rings. The second-order valence-corrected chi connectivity index (χ2v) is 26.9. The highest BCUT2D eigenvalue weighted by Gasteiger charge is 2.41. The van der Waals surface area contributed by atoms with Gasteiger partial charge in [0.05, 0.1) is 87.0 Å². The maximum absolute atomic E-state index is 13.8. The number of β-amino-alcohol motifs (C(OH)–C–C–N with tert-alkyl or cyclic N) is 1. The molecule has 0 aliphatic carbocycles. The van der Waals surface area contributed by atoms with Crippen molar-refractivity contribution in [3.63, 3.8) is 0 Å². The van der Waals surface area contributed by atoms with Crippen molar-refractivity contribution >= 4 is 91.0 Å². The fourth-order valence-electron chi connectivity index (χ4n) is 14.8. The van der Waals surface area contributed by atoms with E-state index < -0.39 is 12.0 Å². The van der Waals surface area contributed by atoms with Crippen LogP contribution in [0.25, 0.3) is 66.9 Å². The van der Waals surface area contributed by atoms with E-state index >= 15 is 0 Å². The minimum atomic E-state index is -2.58. The molecule has 18 heterocycles. The van der Waals surface area contributed by atoms with Gasteiger partial charge in [-0.05, 0) is 112 Å². The van der Waals surface area contributed by atoms with Crippen molar-refractivity contribution in [3.8, 4) is 33.8 Å². The summed E-state index contributed by atoms with van der Waals surface area (Å²) in [6.07, 6.45) is 19.6. The summed E-state index contributed by atoms with van der Waals surface area (Å²) in [6.45, 7) is 5.51. The van der Waals surface area contributed by atoms with Crippen LogP contribution in [-0.4, -0.2) is 155 Å². The zero-order valence-corrected chi connectivity index (χ0v) is 56.8. The number of rotatable bonds is 11. The Labute approximate surface area is 585 Å². The van der Waals surface area contributed by atoms with Gasteiger partial charge in [0, 0.05) is 178 Å². The van der Waals surface area contributed by atoms with E-state index in [0.29, 0.717) is 70.8 Å². The lowest BCUT2D eigenvalue weighted by Gasteiger charge is -2.38. The fourth-order valence-corrected chi connectivity index (χ4v) is 14.8. The van der Waals surface area contributed by atoms with E-state index in [-0.39, 0.29) is 37.2 Å². The van der Waals surface area contributed by atoms with E-state index in [4.69, 9.17) is 24.9 Å². The first-order chi connectivity index (χ1) is 49.5. The number of aromatic nitrogens is 12. The van der Waals surface area contributed by atoms with Crippen LogP contribution in [0.3, 0.4) is 0 Å². The molecule has 3 atom stereocenters. The van der Waals surface area contributed by atoms with Gasteiger partial charge in [-0.15, -0.1) is 0 Å². The number of anilines is 7. The lowest BCUT2D eigenvalue weighted by molar-refractivity contribution is -0.177. The molecule has 6 aliphatic heterocycles. The number of fused-ring (bicyclic) bond motifs is 7. The van der Waals surface area contributed by atoms with Crippen molar-refractivity contribution in [1.82, 2.24) is 84.3 Å². The number of hydrogen-bond acceptors (Lipinski definition) is 20. The molecular formula is C75H74FN21O5. The number of likely N-dealkylation sites (tertiary alicyclic amines) is 1. The molecular weight excluding hydrogens is 1290 g/mol. The Morgan fingerprint density at radius 3 is 1.52 bits per heavy atom. The molecule has 6 aliphatic rings. The topological polar surface area (TPSA) is 304 Å². The van der Waals surface area contributed by atoms with Gasteiger partial charge in [-0.2, -0.15) is 0 Å². The molecule has 2 fully saturated rings. The summed E-state index contributed by atoms with van der Waals surface area (Å²) in [6, 6.07) is 25.6. The summed E-state index contributed by atoms with van der Waals surface area (Å²) in [4.78, 5) is 86.6. The highest BCUT2D eigenvalue weighted by atomic mass is 19.2. The minimum absolute atomic E-state index is 0.0375. The van der Waals surface area contributed by atoms with Crippen molar-refractivity contribution in [2.45, 2.75) is 69.7 Å². The van der Waals surface area contributed by atoms with Crippen LogP contribution in [0.2, 0.25) is 0 Å². The summed E-state index contributed by atoms with van der Waals surface area (Å²) >= 11 is 0. The molecule has 0 saturated carbocycles. The number of nitrogens with zero attached hydrogens (tertiary/aromatic N) is 15. The molecule has 18 rings (SSSR count). The highest BCUT2D eigenvalue weighted by molar-refractivity contribution is 6.09. The Kier molecular flexibility index (Phi) is 16.9. The molecule has 0 unspecified atom stereocenters. The zero-order chi connectivity index (χ0) is 70.1. The molecule has 26 nitrogen and oxygen atoms in total. The average Bonchev–Trinajstić information content (AvgIpc) is 1.58. The maximum Gasteiger partial charge on any atom is 0.254 e. The molecule has 0 bridgehead atoms.